The van der Waals surface area contributed by atoms with Crippen LogP contribution in [-0.2, 0) is 67.0 Å². The van der Waals surface area contributed by atoms with E-state index in [-0.39, 0.29) is 0 Å². The van der Waals surface area contributed by atoms with Crippen molar-refractivity contribution in [3.63, 3.8) is 0 Å². The molecular weight excluding hydrogens is 1470 g/mol. The summed E-state index contributed by atoms with van der Waals surface area (Å²) in [4.78, 5) is 27.2. The van der Waals surface area contributed by atoms with Crippen molar-refractivity contribution in [2.75, 3.05) is 13.6 Å². The standard InChI is InChI=1S/C104H108N16/c1-109-57-25-81(26-58-109)85-33-65-113(66-34-85)49-9-5-13-53-117-73-41-89(42-74-117)101-93-17-19-95(105-93)102(90-43-75-118(76-44-90)54-14-6-10-50-114-67-35-86(36-68-114)82-27-59-110(2)60-28-82)97-21-23-99(107-97)104(92-47-79-120(80-48-92)56-16-8-12-52-116-71-39-88(40-72-116)84-31-63-112(4)64-32-84)100-24-22-98(108-100)103(96-20-18-94(101)106-96)91-45-77-119(78-46-91)55-15-7-11-51-115-69-37-87(38-70-115)83-29-61-111(3)62-30-83/h17-48,57-80H,5-16,49-56H2,1-4H3/q+10. The lowest BCUT2D eigenvalue weighted by Gasteiger charge is -2.20. The van der Waals surface area contributed by atoms with E-state index in [4.69, 9.17) is 20.0 Å². The van der Waals surface area contributed by atoms with Gasteiger partial charge in [0.2, 0.25) is 0 Å². The number of nitrogens with zero attached hydrogens (tertiary/aromatic N) is 16. The van der Waals surface area contributed by atoms with Crippen LogP contribution >= 0.6 is 0 Å². The average molecular weight is 1580 g/mol. The van der Waals surface area contributed by atoms with Crippen molar-refractivity contribution in [3.05, 3.63) is 399 Å². The van der Waals surface area contributed by atoms with Gasteiger partial charge in [0.05, 0.1) is 45.6 Å². The first-order valence-electron chi connectivity index (χ1n) is 42.9. The SMILES string of the molecule is CN1C=CC(=C2C=CN(CCCCC[n+]3ccc(C4=C5C=CC(=N5)C(c5cc[n+](CCCCC[n+]6ccc(-c7cc[n+](C)cc7)cc6)cc5)=C5C=CC(=N5)C(c5cc[n+](CCCCC[n+]6ccc(-c7cc[n+](C)cc7)cc6)cc5)=C5C=CC(=N5)C(c5cc[n+](CCCCC[n+]6ccc(-c7cc[n+](C)cc7)cc6)cc5)=C5C=CC4=N5)cc3)C=C2)C=C1. The summed E-state index contributed by atoms with van der Waals surface area (Å²) in [6, 6.07) is 44.3. The molecule has 0 spiro atoms. The zero-order valence-corrected chi connectivity index (χ0v) is 69.6. The summed E-state index contributed by atoms with van der Waals surface area (Å²) in [6.45, 7) is 7.58. The summed E-state index contributed by atoms with van der Waals surface area (Å²) in [5.74, 6) is 0. The molecule has 120 heavy (non-hydrogen) atoms. The number of allylic oxidation sites excluding steroid dienone is 18. The monoisotopic (exact) mass is 1580 g/mol. The molecule has 0 saturated heterocycles. The van der Waals surface area contributed by atoms with E-state index in [0.717, 1.165) is 220 Å². The number of fused-ring (bicyclic) bond motifs is 4. The minimum Gasteiger partial charge on any atom is -0.357 e. The molecule has 0 atom stereocenters. The van der Waals surface area contributed by atoms with Crippen molar-refractivity contribution >= 4 is 45.1 Å². The Morgan fingerprint density at radius 1 is 0.217 bits per heavy atom. The molecule has 10 aromatic rings. The topological polar surface area (TPSA) is 94.7 Å². The molecule has 0 N–H and O–H groups in total. The Morgan fingerprint density at radius 2 is 0.417 bits per heavy atom. The number of aromatic nitrogens is 10. The highest BCUT2D eigenvalue weighted by Gasteiger charge is 2.30. The van der Waals surface area contributed by atoms with E-state index >= 15 is 0 Å². The third-order valence-electron chi connectivity index (χ3n) is 23.5. The van der Waals surface area contributed by atoms with E-state index in [9.17, 15) is 0 Å². The fourth-order valence-corrected chi connectivity index (χ4v) is 16.4. The fraction of sp³-hybridized carbons (Fsp3) is 0.231. The fourth-order valence-electron chi connectivity index (χ4n) is 16.4. The van der Waals surface area contributed by atoms with Gasteiger partial charge < -0.3 is 9.80 Å². The number of rotatable bonds is 31. The van der Waals surface area contributed by atoms with Crippen LogP contribution in [0.5, 0.6) is 0 Å². The predicted molar refractivity (Wildman–Crippen MR) is 474 cm³/mol. The third-order valence-corrected chi connectivity index (χ3v) is 23.5. The number of aliphatic imine (C=N–C) groups is 4. The molecule has 0 amide bonds. The minimum absolute atomic E-state index is 0.842. The predicted octanol–water partition coefficient (Wildman–Crippen LogP) is 14.6. The Balaban J connectivity index is 0.653. The Labute approximate surface area is 706 Å². The number of unbranched alkanes of at least 4 members (excludes halogenated alkanes) is 8. The van der Waals surface area contributed by atoms with Gasteiger partial charge in [0, 0.05) is 227 Å². The number of hydrogen-bond donors (Lipinski definition) is 0. The Morgan fingerprint density at radius 3 is 0.650 bits per heavy atom. The summed E-state index contributed by atoms with van der Waals surface area (Å²) in [6.07, 6.45) is 91.7. The van der Waals surface area contributed by atoms with Crippen LogP contribution in [0, 0.1) is 0 Å². The number of pyridine rings is 10. The minimum atomic E-state index is 0.842. The van der Waals surface area contributed by atoms with E-state index < -0.39 is 0 Å². The molecule has 0 fully saturated rings. The summed E-state index contributed by atoms with van der Waals surface area (Å²) in [7, 11) is 8.21. The van der Waals surface area contributed by atoms with Crippen LogP contribution in [0.25, 0.3) is 55.7 Å². The van der Waals surface area contributed by atoms with Crippen LogP contribution in [0.4, 0.5) is 0 Å². The van der Waals surface area contributed by atoms with Gasteiger partial charge in [0.25, 0.3) is 0 Å². The second-order valence-corrected chi connectivity index (χ2v) is 32.2. The first-order valence-corrected chi connectivity index (χ1v) is 42.9. The lowest BCUT2D eigenvalue weighted by atomic mass is 9.99. The van der Waals surface area contributed by atoms with Gasteiger partial charge in [-0.05, 0) is 172 Å². The third kappa shape index (κ3) is 19.6. The van der Waals surface area contributed by atoms with Gasteiger partial charge in [-0.15, -0.1) is 0 Å². The molecule has 0 aromatic carbocycles. The molecule has 7 aliphatic heterocycles. The van der Waals surface area contributed by atoms with Gasteiger partial charge in [-0.1, -0.05) is 0 Å². The van der Waals surface area contributed by atoms with Crippen LogP contribution in [0.15, 0.2) is 397 Å². The molecule has 8 bridgehead atoms. The second-order valence-electron chi connectivity index (χ2n) is 32.2. The molecule has 0 radical (unpaired) electrons. The van der Waals surface area contributed by atoms with Crippen molar-refractivity contribution in [2.45, 2.75) is 123 Å². The summed E-state index contributed by atoms with van der Waals surface area (Å²) in [5.41, 5.74) is 24.6. The van der Waals surface area contributed by atoms with Crippen molar-refractivity contribution in [1.82, 2.24) is 9.80 Å². The van der Waals surface area contributed by atoms with Crippen LogP contribution in [0.1, 0.15) is 99.3 Å². The average Bonchev–Trinajstić information content (AvgIpc) is 1.61. The molecule has 0 saturated carbocycles. The van der Waals surface area contributed by atoms with Crippen LogP contribution in [0.3, 0.4) is 0 Å². The van der Waals surface area contributed by atoms with Gasteiger partial charge in [0.15, 0.2) is 124 Å². The van der Waals surface area contributed by atoms with Gasteiger partial charge in [-0.2, -0.15) is 0 Å². The van der Waals surface area contributed by atoms with E-state index in [1.165, 1.54) is 44.5 Å². The molecule has 17 rings (SSSR count). The lowest BCUT2D eigenvalue weighted by Crippen LogP contribution is -2.34. The molecule has 7 aliphatic rings. The van der Waals surface area contributed by atoms with Gasteiger partial charge in [-0.25, -0.2) is 65.6 Å². The smallest absolute Gasteiger partial charge is 0.169 e. The maximum absolute atomic E-state index is 5.72. The van der Waals surface area contributed by atoms with E-state index in [0.29, 0.717) is 0 Å². The maximum atomic E-state index is 5.72. The largest absolute Gasteiger partial charge is 0.357 e. The van der Waals surface area contributed by atoms with Gasteiger partial charge in [0.1, 0.15) is 67.0 Å². The van der Waals surface area contributed by atoms with Crippen LogP contribution < -0.4 is 45.7 Å². The number of hydrogen-bond acceptors (Lipinski definition) is 6. The highest BCUT2D eigenvalue weighted by molar-refractivity contribution is 6.39. The maximum Gasteiger partial charge on any atom is 0.169 e. The van der Waals surface area contributed by atoms with E-state index in [1.807, 2.05) is 0 Å². The molecular formula is C104H108N16+10. The van der Waals surface area contributed by atoms with Crippen LogP contribution in [-0.4, -0.2) is 46.2 Å². The molecule has 10 aromatic heterocycles. The summed E-state index contributed by atoms with van der Waals surface area (Å²) < 4.78 is 22.4. The van der Waals surface area contributed by atoms with Crippen molar-refractivity contribution < 1.29 is 45.7 Å². The van der Waals surface area contributed by atoms with Crippen LogP contribution in [0.2, 0.25) is 0 Å². The quantitative estimate of drug-likeness (QED) is 0.0320. The van der Waals surface area contributed by atoms with E-state index in [1.54, 1.807) is 0 Å². The number of aryl methyl sites for hydroxylation is 10. The highest BCUT2D eigenvalue weighted by atomic mass is 15.1. The van der Waals surface area contributed by atoms with Crippen molar-refractivity contribution in [2.24, 2.45) is 41.1 Å². The van der Waals surface area contributed by atoms with Crippen molar-refractivity contribution in [3.8, 4) is 33.4 Å². The van der Waals surface area contributed by atoms with Gasteiger partial charge in [-0.3, -0.25) is 0 Å². The lowest BCUT2D eigenvalue weighted by molar-refractivity contribution is -0.701. The Bertz CT molecular complexity index is 5790. The van der Waals surface area contributed by atoms with Crippen molar-refractivity contribution in [1.29, 1.82) is 0 Å². The molecule has 16 heteroatoms. The zero-order valence-electron chi connectivity index (χ0n) is 69.6. The molecule has 0 unspecified atom stereocenters. The molecule has 17 heterocycles. The molecule has 594 valence electrons. The Kier molecular flexibility index (Phi) is 24.8. The molecule has 16 nitrogen and oxygen atoms in total. The summed E-state index contributed by atoms with van der Waals surface area (Å²) >= 11 is 0. The Hall–Kier alpha value is -13.6. The molecule has 0 aliphatic carbocycles. The van der Waals surface area contributed by atoms with Gasteiger partial charge >= 0.3 is 0 Å². The zero-order chi connectivity index (χ0) is 81.4. The first-order chi connectivity index (χ1) is 59.0. The highest BCUT2D eigenvalue weighted by Crippen LogP contribution is 2.39. The summed E-state index contributed by atoms with van der Waals surface area (Å²) in [5, 5.41) is 0. The normalized spacial score (nSPS) is 15.2. The second kappa shape index (κ2) is 37.8. The van der Waals surface area contributed by atoms with E-state index in [2.05, 4.69) is 427 Å². The first kappa shape index (κ1) is 78.9.